The number of benzene rings is 3. The Balaban J connectivity index is 1.54. The molecule has 1 saturated heterocycles. The smallest absolute Gasteiger partial charge is 0.256 e. The van der Waals surface area contributed by atoms with Gasteiger partial charge in [-0.15, -0.1) is 0 Å². The van der Waals surface area contributed by atoms with Crippen LogP contribution in [0.5, 0.6) is 11.5 Å². The van der Waals surface area contributed by atoms with Crippen LogP contribution in [0.25, 0.3) is 0 Å². The highest BCUT2D eigenvalue weighted by molar-refractivity contribution is 9.10. The van der Waals surface area contributed by atoms with Gasteiger partial charge < -0.3 is 14.8 Å². The molecule has 4 atom stereocenters. The summed E-state index contributed by atoms with van der Waals surface area (Å²) in [5.74, 6) is -0.181. The Morgan fingerprint density at radius 2 is 1.89 bits per heavy atom. The van der Waals surface area contributed by atoms with Crippen LogP contribution in [0, 0.1) is 10.1 Å². The molecule has 0 unspecified atom stereocenters. The van der Waals surface area contributed by atoms with Gasteiger partial charge in [0.2, 0.25) is 0 Å². The van der Waals surface area contributed by atoms with E-state index in [1.807, 2.05) is 25.1 Å². The summed E-state index contributed by atoms with van der Waals surface area (Å²) in [4.78, 5) is 25.4. The van der Waals surface area contributed by atoms with Gasteiger partial charge in [0, 0.05) is 32.8 Å². The summed E-state index contributed by atoms with van der Waals surface area (Å²) in [7, 11) is 1.51. The number of nitro groups is 1. The van der Waals surface area contributed by atoms with Gasteiger partial charge in [-0.2, -0.15) is 0 Å². The molecule has 1 fully saturated rings. The lowest BCUT2D eigenvalue weighted by atomic mass is 9.78. The highest BCUT2D eigenvalue weighted by Gasteiger charge is 2.67. The molecule has 2 aliphatic heterocycles. The monoisotopic (exact) mass is 571 g/mol. The number of carbonyl (C=O) groups excluding carboxylic acids is 1. The minimum atomic E-state index is -1.48. The van der Waals surface area contributed by atoms with Gasteiger partial charge in [-0.3, -0.25) is 20.2 Å². The van der Waals surface area contributed by atoms with Crippen LogP contribution in [0.1, 0.15) is 29.5 Å². The lowest BCUT2D eigenvalue weighted by Gasteiger charge is -2.25. The van der Waals surface area contributed by atoms with E-state index in [-0.39, 0.29) is 17.6 Å². The van der Waals surface area contributed by atoms with E-state index < -0.39 is 23.4 Å². The number of nitrogens with one attached hydrogen (secondary N) is 2. The Morgan fingerprint density at radius 3 is 2.61 bits per heavy atom. The summed E-state index contributed by atoms with van der Waals surface area (Å²) in [6, 6.07) is 16.4. The van der Waals surface area contributed by atoms with Crippen molar-refractivity contribution in [2.45, 2.75) is 37.1 Å². The molecular formula is C26H23BrClN3O5. The van der Waals surface area contributed by atoms with Crippen LogP contribution in [-0.2, 0) is 16.9 Å². The first-order valence-electron chi connectivity index (χ1n) is 11.3. The van der Waals surface area contributed by atoms with Gasteiger partial charge in [-0.25, -0.2) is 0 Å². The highest BCUT2D eigenvalue weighted by atomic mass is 79.9. The van der Waals surface area contributed by atoms with Crippen LogP contribution >= 0.6 is 27.5 Å². The van der Waals surface area contributed by atoms with Gasteiger partial charge in [0.15, 0.2) is 17.0 Å². The molecule has 10 heteroatoms. The van der Waals surface area contributed by atoms with Gasteiger partial charge in [-0.05, 0) is 52.7 Å². The first-order chi connectivity index (χ1) is 17.3. The maximum atomic E-state index is 13.2. The van der Waals surface area contributed by atoms with Crippen LogP contribution in [0.2, 0.25) is 5.02 Å². The zero-order valence-electron chi connectivity index (χ0n) is 19.5. The third-order valence-electron chi connectivity index (χ3n) is 6.93. The average molecular weight is 573 g/mol. The average Bonchev–Trinajstić information content (AvgIpc) is 3.32. The normalized spacial score (nSPS) is 24.4. The third-order valence-corrected chi connectivity index (χ3v) is 7.89. The van der Waals surface area contributed by atoms with Gasteiger partial charge >= 0.3 is 0 Å². The van der Waals surface area contributed by atoms with Crippen LogP contribution in [0.4, 0.5) is 5.69 Å². The molecule has 2 heterocycles. The molecule has 5 rings (SSSR count). The maximum absolute atomic E-state index is 13.2. The van der Waals surface area contributed by atoms with E-state index >= 15 is 0 Å². The molecule has 0 radical (unpaired) electrons. The van der Waals surface area contributed by atoms with Gasteiger partial charge in [0.05, 0.1) is 17.5 Å². The SMILES string of the molecule is COc1cc([C@@H]2[C@H](C)N[C@]3(C(=O)Nc4ccccc43)[C@H]2[N+](=O)[O-])cc(Br)c1OCc1ccccc1Cl. The molecule has 8 nitrogen and oxygen atoms in total. The first kappa shape index (κ1) is 24.5. The highest BCUT2D eigenvalue weighted by Crippen LogP contribution is 2.51. The number of methoxy groups -OCH3 is 1. The van der Waals surface area contributed by atoms with Crippen molar-refractivity contribution in [2.75, 3.05) is 12.4 Å². The quantitative estimate of drug-likeness (QED) is 0.309. The lowest BCUT2D eigenvalue weighted by molar-refractivity contribution is -0.532. The summed E-state index contributed by atoms with van der Waals surface area (Å²) < 4.78 is 12.2. The molecule has 2 N–H and O–H groups in total. The molecule has 0 bridgehead atoms. The topological polar surface area (TPSA) is 103 Å². The van der Waals surface area contributed by atoms with Gasteiger partial charge in [0.1, 0.15) is 6.61 Å². The number of para-hydroxylation sites is 1. The van der Waals surface area contributed by atoms with Crippen molar-refractivity contribution >= 4 is 39.1 Å². The number of carbonyl (C=O) groups is 1. The van der Waals surface area contributed by atoms with Crippen LogP contribution < -0.4 is 20.1 Å². The summed E-state index contributed by atoms with van der Waals surface area (Å²) in [5, 5.41) is 19.2. The van der Waals surface area contributed by atoms with Crippen molar-refractivity contribution in [2.24, 2.45) is 0 Å². The van der Waals surface area contributed by atoms with E-state index in [4.69, 9.17) is 21.1 Å². The van der Waals surface area contributed by atoms with E-state index in [2.05, 4.69) is 26.6 Å². The second-order valence-electron chi connectivity index (χ2n) is 8.91. The molecule has 2 aliphatic rings. The molecule has 3 aromatic rings. The largest absolute Gasteiger partial charge is 0.493 e. The number of hydrogen-bond donors (Lipinski definition) is 2. The number of hydrogen-bond acceptors (Lipinski definition) is 6. The maximum Gasteiger partial charge on any atom is 0.256 e. The number of nitrogens with zero attached hydrogens (tertiary/aromatic N) is 1. The standard InChI is InChI=1S/C26H23BrClN3O5/c1-14-22(24(31(33)34)26(30-14)17-8-4-6-10-20(17)29-25(26)32)16-11-18(27)23(21(12-16)35-2)36-13-15-7-3-5-9-19(15)28/h3-12,14,22,24,30H,13H2,1-2H3,(H,29,32)/t14-,22-,24-,26-/m0/s1. The molecule has 1 spiro atoms. The van der Waals surface area contributed by atoms with E-state index in [9.17, 15) is 14.9 Å². The second kappa shape index (κ2) is 9.38. The third kappa shape index (κ3) is 3.82. The van der Waals surface area contributed by atoms with Crippen LogP contribution in [0.15, 0.2) is 65.1 Å². The van der Waals surface area contributed by atoms with Crippen LogP contribution in [0.3, 0.4) is 0 Å². The van der Waals surface area contributed by atoms with E-state index in [0.717, 1.165) is 5.56 Å². The number of fused-ring (bicyclic) bond motifs is 2. The lowest BCUT2D eigenvalue weighted by Crippen LogP contribution is -2.54. The molecular weight excluding hydrogens is 550 g/mol. The van der Waals surface area contributed by atoms with Crippen molar-refractivity contribution in [3.8, 4) is 11.5 Å². The Kier molecular flexibility index (Phi) is 6.40. The zero-order chi connectivity index (χ0) is 25.6. The Bertz CT molecular complexity index is 1370. The van der Waals surface area contributed by atoms with Gasteiger partial charge in [0.25, 0.3) is 11.9 Å². The van der Waals surface area contributed by atoms with Crippen molar-refractivity contribution in [3.63, 3.8) is 0 Å². The zero-order valence-corrected chi connectivity index (χ0v) is 21.8. The minimum absolute atomic E-state index is 0.215. The summed E-state index contributed by atoms with van der Waals surface area (Å²) in [5.41, 5.74) is 1.14. The van der Waals surface area contributed by atoms with Crippen molar-refractivity contribution < 1.29 is 19.2 Å². The Labute approximate surface area is 221 Å². The van der Waals surface area contributed by atoms with Gasteiger partial charge in [-0.1, -0.05) is 48.0 Å². The van der Waals surface area contributed by atoms with E-state index in [0.29, 0.717) is 37.8 Å². The summed E-state index contributed by atoms with van der Waals surface area (Å²) in [6.45, 7) is 2.07. The molecule has 0 aromatic heterocycles. The Morgan fingerprint density at radius 1 is 1.17 bits per heavy atom. The minimum Gasteiger partial charge on any atom is -0.493 e. The van der Waals surface area contributed by atoms with E-state index in [1.165, 1.54) is 7.11 Å². The first-order valence-corrected chi connectivity index (χ1v) is 12.5. The summed E-state index contributed by atoms with van der Waals surface area (Å²) in [6.07, 6.45) is 0. The molecule has 186 valence electrons. The Hall–Kier alpha value is -3.14. The number of amides is 1. The van der Waals surface area contributed by atoms with Crippen molar-refractivity contribution in [1.29, 1.82) is 0 Å². The van der Waals surface area contributed by atoms with Crippen molar-refractivity contribution in [3.05, 3.63) is 97.0 Å². The molecule has 1 amide bonds. The second-order valence-corrected chi connectivity index (χ2v) is 10.2. The molecule has 36 heavy (non-hydrogen) atoms. The van der Waals surface area contributed by atoms with Crippen LogP contribution in [-0.4, -0.2) is 30.0 Å². The summed E-state index contributed by atoms with van der Waals surface area (Å²) >= 11 is 9.82. The number of ether oxygens (including phenoxy) is 2. The molecule has 0 aliphatic carbocycles. The fraction of sp³-hybridized carbons (Fsp3) is 0.269. The predicted octanol–water partition coefficient (Wildman–Crippen LogP) is 5.26. The van der Waals surface area contributed by atoms with Crippen molar-refractivity contribution in [1.82, 2.24) is 5.32 Å². The fourth-order valence-electron chi connectivity index (χ4n) is 5.39. The number of rotatable bonds is 6. The number of anilines is 1. The van der Waals surface area contributed by atoms with E-state index in [1.54, 1.807) is 42.5 Å². The molecule has 3 aromatic carbocycles. The number of halogens is 2. The predicted molar refractivity (Wildman–Crippen MR) is 139 cm³/mol. The molecule has 0 saturated carbocycles. The fourth-order valence-corrected chi connectivity index (χ4v) is 6.16.